The second-order valence-electron chi connectivity index (χ2n) is 8.83. The van der Waals surface area contributed by atoms with E-state index in [1.165, 1.54) is 12.0 Å². The smallest absolute Gasteiger partial charge is 0.230 e. The van der Waals surface area contributed by atoms with Gasteiger partial charge in [0, 0.05) is 35.8 Å². The molecule has 5 rings (SSSR count). The number of hydrogen-bond donors (Lipinski definition) is 1. The average molecular weight is 431 g/mol. The van der Waals surface area contributed by atoms with Crippen molar-refractivity contribution in [2.24, 2.45) is 5.92 Å². The van der Waals surface area contributed by atoms with Gasteiger partial charge in [0.05, 0.1) is 5.92 Å². The molecule has 7 nitrogen and oxygen atoms in total. The van der Waals surface area contributed by atoms with Crippen LogP contribution in [-0.2, 0) is 9.59 Å². The van der Waals surface area contributed by atoms with Crippen molar-refractivity contribution in [2.45, 2.75) is 45.4 Å². The molecule has 32 heavy (non-hydrogen) atoms. The lowest BCUT2D eigenvalue weighted by molar-refractivity contribution is -0.122. The Kier molecular flexibility index (Phi) is 5.25. The maximum absolute atomic E-state index is 12.8. The molecule has 2 amide bonds. The predicted molar refractivity (Wildman–Crippen MR) is 121 cm³/mol. The molecule has 0 bridgehead atoms. The molecule has 2 heterocycles. The van der Waals surface area contributed by atoms with E-state index in [0.717, 1.165) is 35.3 Å². The number of anilines is 2. The summed E-state index contributed by atoms with van der Waals surface area (Å²) in [7, 11) is 0. The number of aryl methyl sites for hydroxylation is 2. The predicted octanol–water partition coefficient (Wildman–Crippen LogP) is 4.61. The molecular formula is C25H26N4O3. The van der Waals surface area contributed by atoms with E-state index in [1.807, 2.05) is 56.3 Å². The third-order valence-electron chi connectivity index (χ3n) is 6.58. The van der Waals surface area contributed by atoms with E-state index in [9.17, 15) is 9.59 Å². The second kappa shape index (κ2) is 8.22. The van der Waals surface area contributed by atoms with Gasteiger partial charge < -0.3 is 14.7 Å². The highest BCUT2D eigenvalue weighted by Crippen LogP contribution is 2.36. The average Bonchev–Trinajstić information content (AvgIpc) is 3.37. The molecular weight excluding hydrogens is 404 g/mol. The van der Waals surface area contributed by atoms with Crippen LogP contribution in [0.3, 0.4) is 0 Å². The van der Waals surface area contributed by atoms with Crippen LogP contribution in [0.4, 0.5) is 11.4 Å². The number of carbonyl (C=O) groups is 2. The summed E-state index contributed by atoms with van der Waals surface area (Å²) in [4.78, 5) is 31.7. The molecule has 1 N–H and O–H groups in total. The highest BCUT2D eigenvalue weighted by Gasteiger charge is 2.35. The molecule has 1 saturated carbocycles. The van der Waals surface area contributed by atoms with Crippen molar-refractivity contribution >= 4 is 23.2 Å². The third kappa shape index (κ3) is 3.90. The van der Waals surface area contributed by atoms with Gasteiger partial charge in [-0.3, -0.25) is 9.59 Å². The van der Waals surface area contributed by atoms with Gasteiger partial charge in [0.2, 0.25) is 23.5 Å². The second-order valence-corrected chi connectivity index (χ2v) is 8.83. The largest absolute Gasteiger partial charge is 0.339 e. The fourth-order valence-corrected chi connectivity index (χ4v) is 4.18. The molecule has 1 unspecified atom stereocenters. The number of amides is 2. The number of nitrogens with zero attached hydrogens (tertiary/aromatic N) is 3. The summed E-state index contributed by atoms with van der Waals surface area (Å²) in [5.41, 5.74) is 4.58. The van der Waals surface area contributed by atoms with Gasteiger partial charge in [0.1, 0.15) is 0 Å². The van der Waals surface area contributed by atoms with Gasteiger partial charge in [-0.2, -0.15) is 4.98 Å². The van der Waals surface area contributed by atoms with Gasteiger partial charge in [-0.1, -0.05) is 29.8 Å². The van der Waals surface area contributed by atoms with Gasteiger partial charge in [0.25, 0.3) is 0 Å². The minimum Gasteiger partial charge on any atom is -0.339 e. The normalized spacial score (nSPS) is 18.6. The van der Waals surface area contributed by atoms with Crippen LogP contribution in [0.1, 0.15) is 48.6 Å². The molecule has 1 aliphatic carbocycles. The van der Waals surface area contributed by atoms with E-state index in [4.69, 9.17) is 4.52 Å². The van der Waals surface area contributed by atoms with Crippen LogP contribution in [0, 0.1) is 19.8 Å². The topological polar surface area (TPSA) is 88.3 Å². The van der Waals surface area contributed by atoms with Gasteiger partial charge >= 0.3 is 0 Å². The van der Waals surface area contributed by atoms with E-state index < -0.39 is 5.92 Å². The van der Waals surface area contributed by atoms with Gasteiger partial charge in [0.15, 0.2) is 0 Å². The molecule has 1 atom stereocenters. The van der Waals surface area contributed by atoms with E-state index in [2.05, 4.69) is 15.5 Å². The molecule has 0 spiro atoms. The molecule has 1 aromatic heterocycles. The first kappa shape index (κ1) is 20.4. The Balaban J connectivity index is 1.29. The summed E-state index contributed by atoms with van der Waals surface area (Å²) in [6.07, 6.45) is 3.58. The summed E-state index contributed by atoms with van der Waals surface area (Å²) in [6.45, 7) is 4.39. The summed E-state index contributed by atoms with van der Waals surface area (Å²) in [5, 5.41) is 7.08. The van der Waals surface area contributed by atoms with Gasteiger partial charge in [-0.05, 0) is 62.1 Å². The summed E-state index contributed by atoms with van der Waals surface area (Å²) >= 11 is 0. The van der Waals surface area contributed by atoms with Crippen molar-refractivity contribution in [3.63, 3.8) is 0 Å². The quantitative estimate of drug-likeness (QED) is 0.638. The first-order valence-electron chi connectivity index (χ1n) is 11.1. The third-order valence-corrected chi connectivity index (χ3v) is 6.58. The van der Waals surface area contributed by atoms with Crippen molar-refractivity contribution in [1.29, 1.82) is 0 Å². The summed E-state index contributed by atoms with van der Waals surface area (Å²) in [5.74, 6) is 0.995. The Morgan fingerprint density at radius 2 is 1.97 bits per heavy atom. The molecule has 0 radical (unpaired) electrons. The standard InChI is InChI=1S/C25H26N4O3/c1-15-9-10-20(11-16(15)2)26-24(31)19-13-22(30)29(14-19)21-8-4-7-18(12-21)23-27-25(32-28-23)17-5-3-6-17/h4,7-12,17,19H,3,5-6,13-14H2,1-2H3,(H,26,31). The number of carbonyl (C=O) groups excluding carboxylic acids is 2. The molecule has 1 saturated heterocycles. The molecule has 164 valence electrons. The fraction of sp³-hybridized carbons (Fsp3) is 0.360. The monoisotopic (exact) mass is 430 g/mol. The van der Waals surface area contributed by atoms with Crippen molar-refractivity contribution in [3.05, 3.63) is 59.5 Å². The van der Waals surface area contributed by atoms with E-state index in [0.29, 0.717) is 24.2 Å². The summed E-state index contributed by atoms with van der Waals surface area (Å²) < 4.78 is 5.44. The van der Waals surface area contributed by atoms with Crippen LogP contribution in [0.5, 0.6) is 0 Å². The number of aromatic nitrogens is 2. The number of nitrogens with one attached hydrogen (secondary N) is 1. The van der Waals surface area contributed by atoms with E-state index in [1.54, 1.807) is 4.90 Å². The zero-order valence-electron chi connectivity index (χ0n) is 18.3. The Bertz CT molecular complexity index is 1180. The number of benzene rings is 2. The molecule has 1 aliphatic heterocycles. The molecule has 7 heteroatoms. The first-order valence-corrected chi connectivity index (χ1v) is 11.1. The first-order chi connectivity index (χ1) is 15.5. The highest BCUT2D eigenvalue weighted by atomic mass is 16.5. The number of rotatable bonds is 5. The van der Waals surface area contributed by atoms with Gasteiger partial charge in [-0.25, -0.2) is 0 Å². The van der Waals surface area contributed by atoms with Crippen LogP contribution >= 0.6 is 0 Å². The maximum Gasteiger partial charge on any atom is 0.230 e. The highest BCUT2D eigenvalue weighted by molar-refractivity contribution is 6.03. The fourth-order valence-electron chi connectivity index (χ4n) is 4.18. The Labute approximate surface area is 186 Å². The van der Waals surface area contributed by atoms with Crippen LogP contribution in [0.15, 0.2) is 47.0 Å². The summed E-state index contributed by atoms with van der Waals surface area (Å²) in [6, 6.07) is 13.4. The van der Waals surface area contributed by atoms with E-state index >= 15 is 0 Å². The minimum absolute atomic E-state index is 0.0642. The van der Waals surface area contributed by atoms with Crippen molar-refractivity contribution in [1.82, 2.24) is 10.1 Å². The Morgan fingerprint density at radius 3 is 2.72 bits per heavy atom. The lowest BCUT2D eigenvalue weighted by Crippen LogP contribution is -2.28. The SMILES string of the molecule is Cc1ccc(NC(=O)C2CC(=O)N(c3cccc(-c4noc(C5CCC5)n4)c3)C2)cc1C. The van der Waals surface area contributed by atoms with E-state index in [-0.39, 0.29) is 18.2 Å². The Morgan fingerprint density at radius 1 is 1.12 bits per heavy atom. The van der Waals surface area contributed by atoms with Crippen LogP contribution in [-0.4, -0.2) is 28.5 Å². The van der Waals surface area contributed by atoms with Gasteiger partial charge in [-0.15, -0.1) is 0 Å². The molecule has 3 aromatic rings. The van der Waals surface area contributed by atoms with Crippen molar-refractivity contribution in [3.8, 4) is 11.4 Å². The molecule has 2 aromatic carbocycles. The lowest BCUT2D eigenvalue weighted by Gasteiger charge is -2.20. The number of hydrogen-bond acceptors (Lipinski definition) is 5. The van der Waals surface area contributed by atoms with Crippen LogP contribution < -0.4 is 10.2 Å². The molecule has 2 aliphatic rings. The van der Waals surface area contributed by atoms with Crippen molar-refractivity contribution in [2.75, 3.05) is 16.8 Å². The Hall–Kier alpha value is -3.48. The van der Waals surface area contributed by atoms with Crippen molar-refractivity contribution < 1.29 is 14.1 Å². The molecule has 2 fully saturated rings. The van der Waals surface area contributed by atoms with Crippen LogP contribution in [0.2, 0.25) is 0 Å². The zero-order chi connectivity index (χ0) is 22.2. The lowest BCUT2D eigenvalue weighted by atomic mass is 9.85. The maximum atomic E-state index is 12.8. The minimum atomic E-state index is -0.400. The van der Waals surface area contributed by atoms with Crippen LogP contribution in [0.25, 0.3) is 11.4 Å². The zero-order valence-corrected chi connectivity index (χ0v) is 18.3.